The van der Waals surface area contributed by atoms with E-state index in [1.54, 1.807) is 24.3 Å². The smallest absolute Gasteiger partial charge is 0.418 e. The molecule has 188 valence electrons. The molecule has 3 aromatic rings. The van der Waals surface area contributed by atoms with E-state index in [4.69, 9.17) is 4.74 Å². The Labute approximate surface area is 200 Å². The lowest BCUT2D eigenvalue weighted by atomic mass is 9.74. The van der Waals surface area contributed by atoms with Crippen LogP contribution in [0.1, 0.15) is 36.3 Å². The van der Waals surface area contributed by atoms with Crippen molar-refractivity contribution in [3.8, 4) is 5.75 Å². The summed E-state index contributed by atoms with van der Waals surface area (Å²) in [6, 6.07) is 11.4. The molecule has 0 saturated heterocycles. The number of ether oxygens (including phenoxy) is 1. The molecule has 1 atom stereocenters. The van der Waals surface area contributed by atoms with Gasteiger partial charge in [0.05, 0.1) is 19.2 Å². The van der Waals surface area contributed by atoms with Gasteiger partial charge in [0, 0.05) is 23.7 Å². The molecule has 6 nitrogen and oxygen atoms in total. The van der Waals surface area contributed by atoms with Gasteiger partial charge in [0.15, 0.2) is 5.60 Å². The number of aromatic nitrogens is 1. The van der Waals surface area contributed by atoms with Gasteiger partial charge in [-0.15, -0.1) is 0 Å². The van der Waals surface area contributed by atoms with Crippen LogP contribution in [0.2, 0.25) is 0 Å². The highest BCUT2D eigenvalue weighted by molar-refractivity contribution is 5.97. The van der Waals surface area contributed by atoms with Crippen molar-refractivity contribution in [1.29, 1.82) is 0 Å². The topological polar surface area (TPSA) is 83.5 Å². The number of anilines is 1. The van der Waals surface area contributed by atoms with Crippen LogP contribution in [0.15, 0.2) is 48.5 Å². The Balaban J connectivity index is 1.93. The fourth-order valence-corrected chi connectivity index (χ4v) is 4.10. The number of benzene rings is 2. The van der Waals surface area contributed by atoms with Crippen molar-refractivity contribution < 1.29 is 32.2 Å². The maximum atomic E-state index is 14.2. The summed E-state index contributed by atoms with van der Waals surface area (Å²) in [7, 11) is 2.81. The van der Waals surface area contributed by atoms with E-state index in [2.05, 4.69) is 15.6 Å². The summed E-state index contributed by atoms with van der Waals surface area (Å²) < 4.78 is 61.6. The van der Waals surface area contributed by atoms with Crippen LogP contribution in [0.4, 0.5) is 23.2 Å². The Morgan fingerprint density at radius 2 is 1.83 bits per heavy atom. The molecular weight excluding hydrogens is 466 g/mol. The summed E-state index contributed by atoms with van der Waals surface area (Å²) in [5.41, 5.74) is -3.39. The largest absolute Gasteiger partial charge is 0.496 e. The number of rotatable bonds is 8. The number of alkyl halides is 3. The molecule has 0 aliphatic heterocycles. The summed E-state index contributed by atoms with van der Waals surface area (Å²) in [5, 5.41) is 16.5. The highest BCUT2D eigenvalue weighted by atomic mass is 19.4. The number of pyridine rings is 1. The Morgan fingerprint density at radius 3 is 2.46 bits per heavy atom. The third-order valence-corrected chi connectivity index (χ3v) is 5.92. The van der Waals surface area contributed by atoms with Crippen LogP contribution in [0, 0.1) is 5.82 Å². The second kappa shape index (κ2) is 9.69. The van der Waals surface area contributed by atoms with Crippen LogP contribution in [-0.2, 0) is 5.41 Å². The molecule has 0 spiro atoms. The maximum absolute atomic E-state index is 14.2. The van der Waals surface area contributed by atoms with E-state index in [1.807, 2.05) is 0 Å². The van der Waals surface area contributed by atoms with Crippen LogP contribution >= 0.6 is 0 Å². The molecule has 1 aromatic heterocycles. The lowest BCUT2D eigenvalue weighted by Gasteiger charge is -2.38. The standard InChI is InChI=1S/C25H27F4N3O3/c1-23(2,17-12-15(26)8-11-21(17)35-4)13-24(34,25(27,28)29)14-31-18-6-5-7-19-16(18)9-10-20(32-19)22(33)30-3/h5-12,31,34H,13-14H2,1-4H3,(H,30,33). The minimum absolute atomic E-state index is 0.162. The molecule has 1 heterocycles. The van der Waals surface area contributed by atoms with Crippen molar-refractivity contribution in [2.24, 2.45) is 0 Å². The molecule has 0 fully saturated rings. The highest BCUT2D eigenvalue weighted by Gasteiger charge is 2.56. The molecule has 3 rings (SSSR count). The molecule has 0 saturated carbocycles. The number of amides is 1. The maximum Gasteiger partial charge on any atom is 0.418 e. The van der Waals surface area contributed by atoms with Crippen molar-refractivity contribution in [2.75, 3.05) is 26.0 Å². The van der Waals surface area contributed by atoms with E-state index in [1.165, 1.54) is 40.1 Å². The number of fused-ring (bicyclic) bond motifs is 1. The Morgan fingerprint density at radius 1 is 1.11 bits per heavy atom. The summed E-state index contributed by atoms with van der Waals surface area (Å²) >= 11 is 0. The van der Waals surface area contributed by atoms with Gasteiger partial charge in [0.1, 0.15) is 17.3 Å². The van der Waals surface area contributed by atoms with Gasteiger partial charge in [0.2, 0.25) is 0 Å². The van der Waals surface area contributed by atoms with Gasteiger partial charge >= 0.3 is 6.18 Å². The molecule has 35 heavy (non-hydrogen) atoms. The predicted molar refractivity (Wildman–Crippen MR) is 125 cm³/mol. The number of halogens is 4. The first kappa shape index (κ1) is 26.2. The zero-order valence-electron chi connectivity index (χ0n) is 19.8. The van der Waals surface area contributed by atoms with Crippen molar-refractivity contribution in [1.82, 2.24) is 10.3 Å². The summed E-state index contributed by atoms with van der Waals surface area (Å²) in [6.07, 6.45) is -5.76. The molecule has 1 unspecified atom stereocenters. The number of methoxy groups -OCH3 is 1. The first-order chi connectivity index (χ1) is 16.3. The summed E-state index contributed by atoms with van der Waals surface area (Å²) in [4.78, 5) is 16.1. The zero-order chi connectivity index (χ0) is 26.0. The minimum atomic E-state index is -4.99. The van der Waals surface area contributed by atoms with Crippen molar-refractivity contribution in [2.45, 2.75) is 37.5 Å². The van der Waals surface area contributed by atoms with E-state index >= 15 is 0 Å². The van der Waals surface area contributed by atoms with Gasteiger partial charge in [-0.3, -0.25) is 4.79 Å². The van der Waals surface area contributed by atoms with Crippen LogP contribution in [0.25, 0.3) is 10.9 Å². The van der Waals surface area contributed by atoms with Gasteiger partial charge in [0.25, 0.3) is 5.91 Å². The van der Waals surface area contributed by atoms with E-state index in [-0.39, 0.29) is 17.0 Å². The lowest BCUT2D eigenvalue weighted by molar-refractivity contribution is -0.260. The van der Waals surface area contributed by atoms with Crippen molar-refractivity contribution in [3.63, 3.8) is 0 Å². The third kappa shape index (κ3) is 5.48. The van der Waals surface area contributed by atoms with Crippen LogP contribution in [0.5, 0.6) is 5.75 Å². The number of nitrogens with one attached hydrogen (secondary N) is 2. The van der Waals surface area contributed by atoms with Gasteiger partial charge < -0.3 is 20.5 Å². The number of hydrogen-bond acceptors (Lipinski definition) is 5. The Bertz CT molecular complexity index is 1230. The second-order valence-electron chi connectivity index (χ2n) is 8.94. The normalized spacial score (nSPS) is 13.9. The van der Waals surface area contributed by atoms with Crippen molar-refractivity contribution in [3.05, 3.63) is 65.6 Å². The van der Waals surface area contributed by atoms with E-state index in [0.717, 1.165) is 12.1 Å². The van der Waals surface area contributed by atoms with E-state index in [9.17, 15) is 27.5 Å². The van der Waals surface area contributed by atoms with Crippen LogP contribution < -0.4 is 15.4 Å². The zero-order valence-corrected chi connectivity index (χ0v) is 19.8. The van der Waals surface area contributed by atoms with Gasteiger partial charge in [-0.2, -0.15) is 13.2 Å². The Kier molecular flexibility index (Phi) is 7.26. The number of hydrogen-bond donors (Lipinski definition) is 3. The summed E-state index contributed by atoms with van der Waals surface area (Å²) in [5.74, 6) is -0.797. The van der Waals surface area contributed by atoms with Crippen molar-refractivity contribution >= 4 is 22.5 Å². The fraction of sp³-hybridized carbons (Fsp3) is 0.360. The molecule has 0 aliphatic rings. The quantitative estimate of drug-likeness (QED) is 0.392. The monoisotopic (exact) mass is 493 g/mol. The lowest BCUT2D eigenvalue weighted by Crippen LogP contribution is -2.53. The first-order valence-electron chi connectivity index (χ1n) is 10.8. The molecule has 0 aliphatic carbocycles. The third-order valence-electron chi connectivity index (χ3n) is 5.92. The molecular formula is C25H27F4N3O3. The number of carbonyl (C=O) groups is 1. The molecule has 0 bridgehead atoms. The molecule has 3 N–H and O–H groups in total. The summed E-state index contributed by atoms with van der Waals surface area (Å²) in [6.45, 7) is 2.11. The minimum Gasteiger partial charge on any atom is -0.496 e. The molecule has 2 aromatic carbocycles. The van der Waals surface area contributed by atoms with Gasteiger partial charge in [-0.25, -0.2) is 9.37 Å². The SMILES string of the molecule is CNC(=O)c1ccc2c(NCC(O)(CC(C)(C)c3cc(F)ccc3OC)C(F)(F)F)cccc2n1. The predicted octanol–water partition coefficient (Wildman–Crippen LogP) is 4.82. The molecule has 0 radical (unpaired) electrons. The van der Waals surface area contributed by atoms with Gasteiger partial charge in [-0.1, -0.05) is 19.9 Å². The molecule has 1 amide bonds. The number of aliphatic hydroxyl groups is 1. The highest BCUT2D eigenvalue weighted by Crippen LogP contribution is 2.44. The fourth-order valence-electron chi connectivity index (χ4n) is 4.10. The number of carbonyl (C=O) groups excluding carboxylic acids is 1. The van der Waals surface area contributed by atoms with Crippen LogP contribution in [0.3, 0.4) is 0 Å². The van der Waals surface area contributed by atoms with E-state index < -0.39 is 41.9 Å². The second-order valence-corrected chi connectivity index (χ2v) is 8.94. The Hall–Kier alpha value is -3.40. The van der Waals surface area contributed by atoms with Gasteiger partial charge in [-0.05, 0) is 54.3 Å². The average Bonchev–Trinajstić information content (AvgIpc) is 2.80. The van der Waals surface area contributed by atoms with Crippen LogP contribution in [-0.4, -0.2) is 48.5 Å². The average molecular weight is 494 g/mol. The molecule has 10 heteroatoms. The van der Waals surface area contributed by atoms with E-state index in [0.29, 0.717) is 16.6 Å². The number of nitrogens with zero attached hydrogens (tertiary/aromatic N) is 1. The first-order valence-corrected chi connectivity index (χ1v) is 10.8.